The number of aromatic nitrogens is 2. The first-order chi connectivity index (χ1) is 6.68. The molecule has 1 N–H and O–H groups in total. The molecular formula is C10H12N2OS. The van der Waals surface area contributed by atoms with Crippen LogP contribution in [0.3, 0.4) is 0 Å². The number of thiophene rings is 1. The second-order valence-corrected chi connectivity index (χ2v) is 4.42. The van der Waals surface area contributed by atoms with E-state index in [0.29, 0.717) is 5.69 Å². The Kier molecular flexibility index (Phi) is 2.39. The lowest BCUT2D eigenvalue weighted by Gasteiger charge is -2.06. The molecule has 0 saturated heterocycles. The number of hydrogen-bond donors (Lipinski definition) is 1. The van der Waals surface area contributed by atoms with Gasteiger partial charge >= 0.3 is 0 Å². The number of aliphatic hydroxyl groups excluding tert-OH is 1. The highest BCUT2D eigenvalue weighted by molar-refractivity contribution is 7.10. The molecule has 3 nitrogen and oxygen atoms in total. The first kappa shape index (κ1) is 9.43. The van der Waals surface area contributed by atoms with Crippen LogP contribution in [-0.4, -0.2) is 14.7 Å². The lowest BCUT2D eigenvalue weighted by molar-refractivity contribution is 0.215. The van der Waals surface area contributed by atoms with Gasteiger partial charge in [-0.3, -0.25) is 0 Å². The number of nitrogens with zero attached hydrogens (tertiary/aromatic N) is 2. The van der Waals surface area contributed by atoms with E-state index in [9.17, 15) is 5.11 Å². The highest BCUT2D eigenvalue weighted by Crippen LogP contribution is 2.26. The van der Waals surface area contributed by atoms with Gasteiger partial charge in [-0.1, -0.05) is 0 Å². The Hall–Kier alpha value is -1.13. The Morgan fingerprint density at radius 3 is 2.86 bits per heavy atom. The van der Waals surface area contributed by atoms with Crippen LogP contribution >= 0.6 is 11.3 Å². The molecule has 1 atom stereocenters. The Bertz CT molecular complexity index is 433. The third kappa shape index (κ3) is 1.58. The summed E-state index contributed by atoms with van der Waals surface area (Å²) in [5, 5.41) is 12.0. The van der Waals surface area contributed by atoms with Crippen LogP contribution in [0.15, 0.2) is 24.0 Å². The van der Waals surface area contributed by atoms with Crippen molar-refractivity contribution in [3.8, 4) is 0 Å². The number of aliphatic hydroxyl groups is 1. The minimum Gasteiger partial charge on any atom is -0.382 e. The molecule has 0 saturated carbocycles. The Morgan fingerprint density at radius 1 is 1.57 bits per heavy atom. The van der Waals surface area contributed by atoms with Crippen molar-refractivity contribution in [3.63, 3.8) is 0 Å². The minimum atomic E-state index is -0.595. The van der Waals surface area contributed by atoms with Gasteiger partial charge in [-0.25, -0.2) is 4.98 Å². The van der Waals surface area contributed by atoms with Crippen LogP contribution in [0.4, 0.5) is 0 Å². The summed E-state index contributed by atoms with van der Waals surface area (Å²) in [5.41, 5.74) is 1.66. The smallest absolute Gasteiger partial charge is 0.124 e. The molecule has 0 radical (unpaired) electrons. The largest absolute Gasteiger partial charge is 0.382 e. The monoisotopic (exact) mass is 208 g/mol. The van der Waals surface area contributed by atoms with E-state index < -0.39 is 6.10 Å². The number of hydrogen-bond acceptors (Lipinski definition) is 3. The van der Waals surface area contributed by atoms with Gasteiger partial charge in [-0.15, -0.1) is 11.3 Å². The maximum atomic E-state index is 10.0. The number of rotatable bonds is 2. The van der Waals surface area contributed by atoms with Gasteiger partial charge in [0.25, 0.3) is 0 Å². The van der Waals surface area contributed by atoms with Crippen LogP contribution in [-0.2, 0) is 7.05 Å². The summed E-state index contributed by atoms with van der Waals surface area (Å²) in [5.74, 6) is 0. The van der Waals surface area contributed by atoms with Crippen molar-refractivity contribution in [2.75, 3.05) is 0 Å². The average molecular weight is 208 g/mol. The first-order valence-corrected chi connectivity index (χ1v) is 5.26. The average Bonchev–Trinajstić information content (AvgIpc) is 2.73. The zero-order valence-corrected chi connectivity index (χ0v) is 8.95. The molecule has 0 aliphatic carbocycles. The summed E-state index contributed by atoms with van der Waals surface area (Å²) >= 11 is 1.64. The molecule has 0 bridgehead atoms. The van der Waals surface area contributed by atoms with E-state index in [1.54, 1.807) is 17.7 Å². The topological polar surface area (TPSA) is 38.0 Å². The standard InChI is InChI=1S/C10H12N2OS/c1-7-8(3-4-14-7)10(13)9-5-12(2)6-11-9/h3-6,10,13H,1-2H3. The van der Waals surface area contributed by atoms with Crippen molar-refractivity contribution >= 4 is 11.3 Å². The lowest BCUT2D eigenvalue weighted by atomic mass is 10.1. The summed E-state index contributed by atoms with van der Waals surface area (Å²) in [4.78, 5) is 5.27. The van der Waals surface area contributed by atoms with Crippen LogP contribution in [0.25, 0.3) is 0 Å². The molecule has 2 aromatic heterocycles. The molecule has 0 aliphatic heterocycles. The van der Waals surface area contributed by atoms with Crippen molar-refractivity contribution in [3.05, 3.63) is 40.1 Å². The molecule has 74 valence electrons. The molecule has 2 rings (SSSR count). The number of imidazole rings is 1. The molecule has 2 heterocycles. The summed E-state index contributed by atoms with van der Waals surface area (Å²) in [7, 11) is 1.89. The van der Waals surface area contributed by atoms with Gasteiger partial charge in [0.2, 0.25) is 0 Å². The van der Waals surface area contributed by atoms with Crippen LogP contribution < -0.4 is 0 Å². The molecule has 2 aromatic rings. The van der Waals surface area contributed by atoms with Gasteiger partial charge < -0.3 is 9.67 Å². The van der Waals surface area contributed by atoms with E-state index in [1.165, 1.54) is 0 Å². The summed E-state index contributed by atoms with van der Waals surface area (Å²) in [6, 6.07) is 1.94. The Labute approximate surface area is 86.7 Å². The van der Waals surface area contributed by atoms with Gasteiger partial charge in [0.1, 0.15) is 6.10 Å². The molecule has 4 heteroatoms. The Balaban J connectivity index is 2.33. The SMILES string of the molecule is Cc1sccc1C(O)c1cn(C)cn1. The fourth-order valence-electron chi connectivity index (χ4n) is 1.41. The fraction of sp³-hybridized carbons (Fsp3) is 0.300. The third-order valence-electron chi connectivity index (χ3n) is 2.20. The quantitative estimate of drug-likeness (QED) is 0.818. The van der Waals surface area contributed by atoms with Gasteiger partial charge in [-0.05, 0) is 18.4 Å². The fourth-order valence-corrected chi connectivity index (χ4v) is 2.15. The van der Waals surface area contributed by atoms with E-state index in [0.717, 1.165) is 10.4 Å². The van der Waals surface area contributed by atoms with E-state index in [4.69, 9.17) is 0 Å². The molecule has 0 aromatic carbocycles. The normalized spacial score (nSPS) is 13.1. The minimum absolute atomic E-state index is 0.595. The predicted molar refractivity (Wildman–Crippen MR) is 56.3 cm³/mol. The number of aryl methyl sites for hydroxylation is 2. The van der Waals surface area contributed by atoms with E-state index in [-0.39, 0.29) is 0 Å². The van der Waals surface area contributed by atoms with E-state index >= 15 is 0 Å². The zero-order chi connectivity index (χ0) is 10.1. The van der Waals surface area contributed by atoms with Gasteiger partial charge in [0.15, 0.2) is 0 Å². The van der Waals surface area contributed by atoms with Crippen molar-refractivity contribution < 1.29 is 5.11 Å². The first-order valence-electron chi connectivity index (χ1n) is 4.38. The maximum Gasteiger partial charge on any atom is 0.124 e. The van der Waals surface area contributed by atoms with Gasteiger partial charge in [-0.2, -0.15) is 0 Å². The van der Waals surface area contributed by atoms with Crippen molar-refractivity contribution in [1.82, 2.24) is 9.55 Å². The summed E-state index contributed by atoms with van der Waals surface area (Å²) < 4.78 is 1.83. The highest BCUT2D eigenvalue weighted by atomic mass is 32.1. The van der Waals surface area contributed by atoms with E-state index in [2.05, 4.69) is 4.98 Å². The molecule has 0 aliphatic rings. The second-order valence-electron chi connectivity index (χ2n) is 3.30. The molecule has 0 spiro atoms. The van der Waals surface area contributed by atoms with Crippen molar-refractivity contribution in [2.24, 2.45) is 7.05 Å². The van der Waals surface area contributed by atoms with Crippen LogP contribution in [0, 0.1) is 6.92 Å². The van der Waals surface area contributed by atoms with Crippen LogP contribution in [0.2, 0.25) is 0 Å². The van der Waals surface area contributed by atoms with Crippen molar-refractivity contribution in [2.45, 2.75) is 13.0 Å². The molecule has 14 heavy (non-hydrogen) atoms. The molecule has 0 fully saturated rings. The van der Waals surface area contributed by atoms with Gasteiger partial charge in [0.05, 0.1) is 12.0 Å². The highest BCUT2D eigenvalue weighted by Gasteiger charge is 2.15. The molecule has 1 unspecified atom stereocenters. The molecular weight excluding hydrogens is 196 g/mol. The zero-order valence-electron chi connectivity index (χ0n) is 8.14. The Morgan fingerprint density at radius 2 is 2.36 bits per heavy atom. The lowest BCUT2D eigenvalue weighted by Crippen LogP contribution is -1.99. The summed E-state index contributed by atoms with van der Waals surface area (Å²) in [6.45, 7) is 2.01. The third-order valence-corrected chi connectivity index (χ3v) is 3.06. The van der Waals surface area contributed by atoms with Crippen LogP contribution in [0.5, 0.6) is 0 Å². The van der Waals surface area contributed by atoms with Crippen molar-refractivity contribution in [1.29, 1.82) is 0 Å². The van der Waals surface area contributed by atoms with Gasteiger partial charge in [0, 0.05) is 23.7 Å². The van der Waals surface area contributed by atoms with E-state index in [1.807, 2.05) is 36.2 Å². The molecule has 0 amide bonds. The maximum absolute atomic E-state index is 10.0. The summed E-state index contributed by atoms with van der Waals surface area (Å²) in [6.07, 6.45) is 2.93. The van der Waals surface area contributed by atoms with Crippen LogP contribution in [0.1, 0.15) is 22.2 Å². The second kappa shape index (κ2) is 3.55. The predicted octanol–water partition coefficient (Wildman–Crippen LogP) is 1.87.